The van der Waals surface area contributed by atoms with Crippen LogP contribution < -0.4 is 21.1 Å². The molecule has 1 heterocycles. The largest absolute Gasteiger partial charge is 0.489 e. The minimum atomic E-state index is -0.368. The number of nitrogens with one attached hydrogen (secondary N) is 2. The average Bonchev–Trinajstić information content (AvgIpc) is 2.60. The molecule has 27 heavy (non-hydrogen) atoms. The highest BCUT2D eigenvalue weighted by molar-refractivity contribution is 14.0. The number of hydrogen-bond acceptors (Lipinski definition) is 3. The maximum absolute atomic E-state index is 13.2. The van der Waals surface area contributed by atoms with Gasteiger partial charge in [0.2, 0.25) is 0 Å². The molecule has 0 spiro atoms. The van der Waals surface area contributed by atoms with Crippen LogP contribution in [0.15, 0.2) is 29.3 Å². The maximum atomic E-state index is 13.2. The van der Waals surface area contributed by atoms with Gasteiger partial charge in [-0.2, -0.15) is 0 Å². The summed E-state index contributed by atoms with van der Waals surface area (Å²) >= 11 is 0. The number of guanidine groups is 1. The van der Waals surface area contributed by atoms with E-state index >= 15 is 0 Å². The van der Waals surface area contributed by atoms with E-state index in [9.17, 15) is 9.18 Å². The van der Waals surface area contributed by atoms with Gasteiger partial charge >= 0.3 is 6.03 Å². The van der Waals surface area contributed by atoms with Gasteiger partial charge in [-0.1, -0.05) is 6.07 Å². The molecule has 7 nitrogen and oxygen atoms in total. The second-order valence-electron chi connectivity index (χ2n) is 6.35. The maximum Gasteiger partial charge on any atom is 0.314 e. The highest BCUT2D eigenvalue weighted by atomic mass is 127. The Hall–Kier alpha value is -1.78. The highest BCUT2D eigenvalue weighted by Gasteiger charge is 2.21. The van der Waals surface area contributed by atoms with Crippen molar-refractivity contribution in [3.63, 3.8) is 0 Å². The summed E-state index contributed by atoms with van der Waals surface area (Å²) in [5.74, 6) is 0.875. The molecule has 9 heteroatoms. The normalized spacial score (nSPS) is 16.3. The molecule has 1 unspecified atom stereocenters. The van der Waals surface area contributed by atoms with Crippen LogP contribution >= 0.6 is 24.0 Å². The molecule has 1 atom stereocenters. The Morgan fingerprint density at radius 3 is 2.74 bits per heavy atom. The molecule has 0 aliphatic carbocycles. The third-order valence-corrected chi connectivity index (χ3v) is 4.13. The zero-order valence-electron chi connectivity index (χ0n) is 15.8. The van der Waals surface area contributed by atoms with Crippen molar-refractivity contribution in [3.8, 4) is 5.75 Å². The van der Waals surface area contributed by atoms with E-state index in [0.717, 1.165) is 19.4 Å². The van der Waals surface area contributed by atoms with E-state index in [-0.39, 0.29) is 48.0 Å². The van der Waals surface area contributed by atoms with Crippen molar-refractivity contribution in [1.82, 2.24) is 15.5 Å². The molecule has 1 aromatic rings. The Balaban J connectivity index is 0.00000364. The molecule has 0 bridgehead atoms. The van der Waals surface area contributed by atoms with E-state index in [1.807, 2.05) is 13.8 Å². The summed E-state index contributed by atoms with van der Waals surface area (Å²) in [6.45, 7) is 6.36. The van der Waals surface area contributed by atoms with Crippen LogP contribution in [0.1, 0.15) is 26.7 Å². The van der Waals surface area contributed by atoms with Crippen molar-refractivity contribution in [2.45, 2.75) is 38.8 Å². The molecule has 4 N–H and O–H groups in total. The van der Waals surface area contributed by atoms with Gasteiger partial charge in [0, 0.05) is 31.7 Å². The first-order valence-corrected chi connectivity index (χ1v) is 8.99. The van der Waals surface area contributed by atoms with Crippen molar-refractivity contribution in [2.24, 2.45) is 10.7 Å². The Morgan fingerprint density at radius 1 is 1.44 bits per heavy atom. The van der Waals surface area contributed by atoms with Crippen LogP contribution in [0.3, 0.4) is 0 Å². The summed E-state index contributed by atoms with van der Waals surface area (Å²) in [6, 6.07) is 5.95. The zero-order chi connectivity index (χ0) is 18.9. The lowest BCUT2D eigenvalue weighted by Crippen LogP contribution is -2.50. The van der Waals surface area contributed by atoms with Gasteiger partial charge in [0.15, 0.2) is 5.96 Å². The number of nitrogens with two attached hydrogens (primary N) is 1. The molecule has 1 aromatic carbocycles. The van der Waals surface area contributed by atoms with Crippen LogP contribution in [0.25, 0.3) is 0 Å². The van der Waals surface area contributed by atoms with Crippen molar-refractivity contribution < 1.29 is 13.9 Å². The number of rotatable bonds is 6. The second-order valence-corrected chi connectivity index (χ2v) is 6.35. The minimum absolute atomic E-state index is 0. The van der Waals surface area contributed by atoms with E-state index < -0.39 is 0 Å². The predicted octanol–water partition coefficient (Wildman–Crippen LogP) is 2.31. The molecule has 1 saturated heterocycles. The smallest absolute Gasteiger partial charge is 0.314 e. The standard InChI is InChI=1S/C18H28FN5O2.HI/c1-3-21-18(23-15-7-9-24(10-8-15)17(20)25)22-12-13(2)26-16-6-4-5-14(19)11-16;/h4-6,11,13,15H,3,7-10,12H2,1-2H3,(H2,20,25)(H2,21,22,23);1H. The summed E-state index contributed by atoms with van der Waals surface area (Å²) in [4.78, 5) is 17.4. The van der Waals surface area contributed by atoms with Crippen LogP contribution in [0.4, 0.5) is 9.18 Å². The lowest BCUT2D eigenvalue weighted by Gasteiger charge is -2.32. The number of carbonyl (C=O) groups is 1. The van der Waals surface area contributed by atoms with Gasteiger partial charge in [0.25, 0.3) is 0 Å². The van der Waals surface area contributed by atoms with Gasteiger partial charge in [0.05, 0.1) is 6.54 Å². The number of piperidine rings is 1. The number of halogens is 2. The number of likely N-dealkylation sites (tertiary alicyclic amines) is 1. The molecule has 1 fully saturated rings. The monoisotopic (exact) mass is 493 g/mol. The van der Waals surface area contributed by atoms with Crippen LogP contribution in [-0.2, 0) is 0 Å². The molecular weight excluding hydrogens is 464 g/mol. The molecule has 152 valence electrons. The number of ether oxygens (including phenoxy) is 1. The van der Waals surface area contributed by atoms with Gasteiger partial charge in [-0.25, -0.2) is 14.2 Å². The minimum Gasteiger partial charge on any atom is -0.489 e. The topological polar surface area (TPSA) is 92.0 Å². The average molecular weight is 493 g/mol. The number of urea groups is 1. The summed E-state index contributed by atoms with van der Waals surface area (Å²) in [6.07, 6.45) is 1.45. The van der Waals surface area contributed by atoms with Gasteiger partial charge in [-0.05, 0) is 38.8 Å². The molecule has 0 aromatic heterocycles. The van der Waals surface area contributed by atoms with Gasteiger partial charge in [0.1, 0.15) is 17.7 Å². The number of amides is 2. The van der Waals surface area contributed by atoms with Gasteiger partial charge in [-0.15, -0.1) is 24.0 Å². The summed E-state index contributed by atoms with van der Waals surface area (Å²) in [7, 11) is 0. The van der Waals surface area contributed by atoms with E-state index in [2.05, 4.69) is 15.6 Å². The Kier molecular flexibility index (Phi) is 10.2. The molecule has 0 radical (unpaired) electrons. The molecule has 2 rings (SSSR count). The zero-order valence-corrected chi connectivity index (χ0v) is 18.1. The Labute approximate surface area is 176 Å². The van der Waals surface area contributed by atoms with Gasteiger partial charge < -0.3 is 26.0 Å². The van der Waals surface area contributed by atoms with Crippen molar-refractivity contribution in [1.29, 1.82) is 0 Å². The third-order valence-electron chi connectivity index (χ3n) is 4.13. The Morgan fingerprint density at radius 2 is 2.15 bits per heavy atom. The molecule has 2 amide bonds. The number of nitrogens with zero attached hydrogens (tertiary/aromatic N) is 2. The number of hydrogen-bond donors (Lipinski definition) is 3. The van der Waals surface area contributed by atoms with Crippen LogP contribution in [0.2, 0.25) is 0 Å². The van der Waals surface area contributed by atoms with Crippen LogP contribution in [0, 0.1) is 5.82 Å². The van der Waals surface area contributed by atoms with E-state index in [4.69, 9.17) is 10.5 Å². The predicted molar refractivity (Wildman–Crippen MR) is 115 cm³/mol. The quantitative estimate of drug-likeness (QED) is 0.322. The fourth-order valence-corrected chi connectivity index (χ4v) is 2.79. The first-order chi connectivity index (χ1) is 12.5. The third kappa shape index (κ3) is 8.19. The summed E-state index contributed by atoms with van der Waals surface area (Å²) in [5.41, 5.74) is 5.31. The summed E-state index contributed by atoms with van der Waals surface area (Å²) in [5, 5.41) is 6.60. The van der Waals surface area contributed by atoms with Crippen molar-refractivity contribution in [3.05, 3.63) is 30.1 Å². The highest BCUT2D eigenvalue weighted by Crippen LogP contribution is 2.14. The second kappa shape index (κ2) is 11.8. The number of carbonyl (C=O) groups excluding carboxylic acids is 1. The number of benzene rings is 1. The van der Waals surface area contributed by atoms with E-state index in [1.165, 1.54) is 12.1 Å². The van der Waals surface area contributed by atoms with Crippen LogP contribution in [0.5, 0.6) is 5.75 Å². The summed E-state index contributed by atoms with van der Waals surface area (Å²) < 4.78 is 18.9. The molecule has 1 aliphatic heterocycles. The number of primary amides is 1. The first kappa shape index (κ1) is 23.3. The SMILES string of the molecule is CCNC(=NCC(C)Oc1cccc(F)c1)NC1CCN(C(N)=O)CC1.I. The van der Waals surface area contributed by atoms with E-state index in [0.29, 0.717) is 31.3 Å². The van der Waals surface area contributed by atoms with Crippen LogP contribution in [-0.4, -0.2) is 55.2 Å². The van der Waals surface area contributed by atoms with Crippen molar-refractivity contribution >= 4 is 36.0 Å². The molecule has 1 aliphatic rings. The van der Waals surface area contributed by atoms with Crippen molar-refractivity contribution in [2.75, 3.05) is 26.2 Å². The first-order valence-electron chi connectivity index (χ1n) is 8.99. The van der Waals surface area contributed by atoms with Gasteiger partial charge in [-0.3, -0.25) is 0 Å². The lowest BCUT2D eigenvalue weighted by molar-refractivity contribution is 0.188. The lowest BCUT2D eigenvalue weighted by atomic mass is 10.1. The van der Waals surface area contributed by atoms with E-state index in [1.54, 1.807) is 17.0 Å². The fraction of sp³-hybridized carbons (Fsp3) is 0.556. The Bertz CT molecular complexity index is 624. The molecule has 0 saturated carbocycles. The number of aliphatic imine (C=N–C) groups is 1. The molecular formula is C18H29FIN5O2. The fourth-order valence-electron chi connectivity index (χ4n) is 2.79.